The molecule has 2 unspecified atom stereocenters. The Bertz CT molecular complexity index is 110. The monoisotopic (exact) mass is 151 g/mol. The van der Waals surface area contributed by atoms with Crippen molar-refractivity contribution < 1.29 is 13.5 Å². The first-order valence-corrected chi connectivity index (χ1v) is 3.35. The van der Waals surface area contributed by atoms with Gasteiger partial charge >= 0.3 is 6.61 Å². The van der Waals surface area contributed by atoms with Crippen LogP contribution in [-0.4, -0.2) is 25.3 Å². The second kappa shape index (κ2) is 3.25. The van der Waals surface area contributed by atoms with Gasteiger partial charge in [-0.1, -0.05) is 0 Å². The van der Waals surface area contributed by atoms with E-state index >= 15 is 0 Å². The van der Waals surface area contributed by atoms with Crippen LogP contribution in [0.25, 0.3) is 0 Å². The van der Waals surface area contributed by atoms with Gasteiger partial charge < -0.3 is 10.1 Å². The molecule has 0 aromatic carbocycles. The lowest BCUT2D eigenvalue weighted by atomic mass is 10.2. The van der Waals surface area contributed by atoms with E-state index in [9.17, 15) is 8.78 Å². The maximum Gasteiger partial charge on any atom is 0.345 e. The molecule has 1 rings (SSSR count). The topological polar surface area (TPSA) is 21.3 Å². The van der Waals surface area contributed by atoms with Crippen LogP contribution in [-0.2, 0) is 4.74 Å². The number of hydrogen-bond acceptors (Lipinski definition) is 2. The van der Waals surface area contributed by atoms with Crippen LogP contribution in [0, 0.1) is 0 Å². The van der Waals surface area contributed by atoms with Crippen LogP contribution in [0.5, 0.6) is 0 Å². The van der Waals surface area contributed by atoms with Gasteiger partial charge in [0, 0.05) is 12.6 Å². The molecule has 0 bridgehead atoms. The molecule has 0 aromatic rings. The van der Waals surface area contributed by atoms with E-state index in [4.69, 9.17) is 0 Å². The third kappa shape index (κ3) is 2.19. The van der Waals surface area contributed by atoms with E-state index in [1.165, 1.54) is 0 Å². The van der Waals surface area contributed by atoms with E-state index in [1.807, 2.05) is 6.92 Å². The molecular weight excluding hydrogens is 140 g/mol. The zero-order valence-corrected chi connectivity index (χ0v) is 5.81. The summed E-state index contributed by atoms with van der Waals surface area (Å²) < 4.78 is 27.4. The minimum absolute atomic E-state index is 0.296. The number of nitrogens with one attached hydrogen (secondary N) is 1. The summed E-state index contributed by atoms with van der Waals surface area (Å²) in [5, 5.41) is 3.02. The molecule has 1 aliphatic rings. The smallest absolute Gasteiger partial charge is 0.318 e. The fraction of sp³-hybridized carbons (Fsp3) is 1.00. The number of halogens is 2. The molecule has 1 saturated heterocycles. The zero-order chi connectivity index (χ0) is 7.56. The second-order valence-corrected chi connectivity index (χ2v) is 2.56. The van der Waals surface area contributed by atoms with Crippen LogP contribution in [0.1, 0.15) is 13.3 Å². The molecule has 1 N–H and O–H groups in total. The molecular formula is C6H11F2NO. The fourth-order valence-electron chi connectivity index (χ4n) is 1.14. The van der Waals surface area contributed by atoms with Gasteiger partial charge in [0.25, 0.3) is 0 Å². The quantitative estimate of drug-likeness (QED) is 0.635. The van der Waals surface area contributed by atoms with E-state index in [2.05, 4.69) is 10.1 Å². The molecule has 1 aliphatic heterocycles. The molecule has 60 valence electrons. The van der Waals surface area contributed by atoms with Gasteiger partial charge in [0.15, 0.2) is 0 Å². The molecule has 0 saturated carbocycles. The van der Waals surface area contributed by atoms with E-state index < -0.39 is 6.61 Å². The van der Waals surface area contributed by atoms with Crippen LogP contribution in [0.4, 0.5) is 8.78 Å². The average Bonchev–Trinajstić information content (AvgIpc) is 2.13. The Morgan fingerprint density at radius 3 is 2.70 bits per heavy atom. The van der Waals surface area contributed by atoms with E-state index in [-0.39, 0.29) is 6.10 Å². The molecule has 10 heavy (non-hydrogen) atoms. The highest BCUT2D eigenvalue weighted by Gasteiger charge is 2.23. The second-order valence-electron chi connectivity index (χ2n) is 2.56. The predicted molar refractivity (Wildman–Crippen MR) is 33.0 cm³/mol. The summed E-state index contributed by atoms with van der Waals surface area (Å²) in [5.74, 6) is 0. The summed E-state index contributed by atoms with van der Waals surface area (Å²) in [6.07, 6.45) is 0.389. The van der Waals surface area contributed by atoms with E-state index in [0.29, 0.717) is 19.0 Å². The van der Waals surface area contributed by atoms with Crippen molar-refractivity contribution in [1.29, 1.82) is 0 Å². The molecule has 0 aliphatic carbocycles. The largest absolute Gasteiger partial charge is 0.345 e. The first-order valence-electron chi connectivity index (χ1n) is 3.35. The SMILES string of the molecule is CC1CC(OC(F)F)CN1. The Balaban J connectivity index is 2.18. The number of ether oxygens (including phenoxy) is 1. The summed E-state index contributed by atoms with van der Waals surface area (Å²) in [6, 6.07) is 0.309. The standard InChI is InChI=1S/C6H11F2NO/c1-4-2-5(3-9-4)10-6(7)8/h4-6,9H,2-3H2,1H3. The molecule has 4 heteroatoms. The minimum atomic E-state index is -2.63. The Kier molecular flexibility index (Phi) is 2.56. The third-order valence-electron chi connectivity index (χ3n) is 1.61. The van der Waals surface area contributed by atoms with Crippen molar-refractivity contribution in [3.63, 3.8) is 0 Å². The van der Waals surface area contributed by atoms with Crippen molar-refractivity contribution in [2.24, 2.45) is 0 Å². The predicted octanol–water partition coefficient (Wildman–Crippen LogP) is 0.976. The highest BCUT2D eigenvalue weighted by Crippen LogP contribution is 2.12. The summed E-state index contributed by atoms with van der Waals surface area (Å²) in [6.45, 7) is -0.127. The summed E-state index contributed by atoms with van der Waals surface area (Å²) in [5.41, 5.74) is 0. The number of rotatable bonds is 2. The zero-order valence-electron chi connectivity index (χ0n) is 5.81. The van der Waals surface area contributed by atoms with Gasteiger partial charge in [-0.25, -0.2) is 0 Å². The van der Waals surface area contributed by atoms with Gasteiger partial charge in [0.1, 0.15) is 0 Å². The van der Waals surface area contributed by atoms with Gasteiger partial charge in [-0.05, 0) is 13.3 Å². The Morgan fingerprint density at radius 1 is 1.60 bits per heavy atom. The minimum Gasteiger partial charge on any atom is -0.318 e. The van der Waals surface area contributed by atoms with Crippen molar-refractivity contribution in [3.8, 4) is 0 Å². The Morgan fingerprint density at radius 2 is 2.30 bits per heavy atom. The maximum atomic E-state index is 11.6. The van der Waals surface area contributed by atoms with Gasteiger partial charge in [0.2, 0.25) is 0 Å². The molecule has 0 aromatic heterocycles. The van der Waals surface area contributed by atoms with Gasteiger partial charge in [-0.2, -0.15) is 8.78 Å². The van der Waals surface area contributed by atoms with E-state index in [0.717, 1.165) is 0 Å². The lowest BCUT2D eigenvalue weighted by Crippen LogP contribution is -2.20. The summed E-state index contributed by atoms with van der Waals surface area (Å²) in [7, 11) is 0. The first-order chi connectivity index (χ1) is 4.68. The molecule has 0 amide bonds. The normalized spacial score (nSPS) is 33.6. The van der Waals surface area contributed by atoms with Crippen LogP contribution in [0.3, 0.4) is 0 Å². The molecule has 1 heterocycles. The highest BCUT2D eigenvalue weighted by atomic mass is 19.3. The van der Waals surface area contributed by atoms with Gasteiger partial charge in [-0.15, -0.1) is 0 Å². The maximum absolute atomic E-state index is 11.6. The average molecular weight is 151 g/mol. The summed E-state index contributed by atoms with van der Waals surface area (Å²) in [4.78, 5) is 0. The van der Waals surface area contributed by atoms with Crippen molar-refractivity contribution in [1.82, 2.24) is 5.32 Å². The van der Waals surface area contributed by atoms with Crippen molar-refractivity contribution in [2.75, 3.05) is 6.54 Å². The van der Waals surface area contributed by atoms with Crippen LogP contribution < -0.4 is 5.32 Å². The van der Waals surface area contributed by atoms with Crippen molar-refractivity contribution >= 4 is 0 Å². The van der Waals surface area contributed by atoms with Crippen LogP contribution in [0.15, 0.2) is 0 Å². The first kappa shape index (κ1) is 7.88. The van der Waals surface area contributed by atoms with Gasteiger partial charge in [0.05, 0.1) is 6.10 Å². The van der Waals surface area contributed by atoms with E-state index in [1.54, 1.807) is 0 Å². The fourth-order valence-corrected chi connectivity index (χ4v) is 1.14. The number of hydrogen-bond donors (Lipinski definition) is 1. The molecule has 2 nitrogen and oxygen atoms in total. The third-order valence-corrected chi connectivity index (χ3v) is 1.61. The van der Waals surface area contributed by atoms with Crippen LogP contribution in [0.2, 0.25) is 0 Å². The Hall–Kier alpha value is -0.220. The lowest BCUT2D eigenvalue weighted by molar-refractivity contribution is -0.157. The summed E-state index contributed by atoms with van der Waals surface area (Å²) >= 11 is 0. The number of alkyl halides is 2. The highest BCUT2D eigenvalue weighted by molar-refractivity contribution is 4.78. The van der Waals surface area contributed by atoms with Crippen molar-refractivity contribution in [3.05, 3.63) is 0 Å². The molecule has 2 atom stereocenters. The molecule has 0 radical (unpaired) electrons. The lowest BCUT2D eigenvalue weighted by Gasteiger charge is -2.07. The van der Waals surface area contributed by atoms with Gasteiger partial charge in [-0.3, -0.25) is 0 Å². The Labute approximate surface area is 58.6 Å². The van der Waals surface area contributed by atoms with Crippen molar-refractivity contribution in [2.45, 2.75) is 32.1 Å². The van der Waals surface area contributed by atoms with Crippen LogP contribution >= 0.6 is 0 Å². The molecule has 0 spiro atoms. The molecule has 1 fully saturated rings.